The summed E-state index contributed by atoms with van der Waals surface area (Å²) in [6, 6.07) is 13.0. The Morgan fingerprint density at radius 2 is 1.21 bits per heavy atom. The summed E-state index contributed by atoms with van der Waals surface area (Å²) in [5, 5.41) is 18.4. The van der Waals surface area contributed by atoms with Gasteiger partial charge in [-0.05, 0) is 75.9 Å². The van der Waals surface area contributed by atoms with Crippen LogP contribution >= 0.6 is 0 Å². The predicted molar refractivity (Wildman–Crippen MR) is 131 cm³/mol. The standard InChI is InChI=1S/C27H34O7/c1-26(2,24(28)29)12-14-33-21-10-8-19(9-11-21)6-7-20-16-22(32-5)18-23(17-20)34-15-13-27(3,4)25(30)31/h6-11,16-18H,12-15H2,1-5H3,(H,28,29)(H,30,31)/b7-6+. The fraction of sp³-hybridized carbons (Fsp3) is 0.407. The lowest BCUT2D eigenvalue weighted by molar-refractivity contribution is -0.148. The van der Waals surface area contributed by atoms with Gasteiger partial charge in [0.1, 0.15) is 17.2 Å². The topological polar surface area (TPSA) is 102 Å². The van der Waals surface area contributed by atoms with E-state index >= 15 is 0 Å². The summed E-state index contributed by atoms with van der Waals surface area (Å²) in [7, 11) is 1.58. The fourth-order valence-electron chi connectivity index (χ4n) is 2.82. The first-order chi connectivity index (χ1) is 15.9. The van der Waals surface area contributed by atoms with Gasteiger partial charge in [0.2, 0.25) is 0 Å². The second-order valence-electron chi connectivity index (χ2n) is 9.42. The molecule has 0 bridgehead atoms. The van der Waals surface area contributed by atoms with E-state index in [0.29, 0.717) is 36.7 Å². The molecule has 0 radical (unpaired) electrons. The number of hydrogen-bond acceptors (Lipinski definition) is 5. The zero-order valence-corrected chi connectivity index (χ0v) is 20.5. The SMILES string of the molecule is COc1cc(/C=C/c2ccc(OCCC(C)(C)C(=O)O)cc2)cc(OCCC(C)(C)C(=O)O)c1. The first kappa shape index (κ1) is 26.8. The molecule has 7 heteroatoms. The number of aliphatic carboxylic acids is 2. The molecule has 34 heavy (non-hydrogen) atoms. The van der Waals surface area contributed by atoms with Gasteiger partial charge in [-0.1, -0.05) is 24.3 Å². The lowest BCUT2D eigenvalue weighted by Gasteiger charge is -2.19. The normalized spacial score (nSPS) is 11.9. The van der Waals surface area contributed by atoms with Gasteiger partial charge in [-0.3, -0.25) is 9.59 Å². The van der Waals surface area contributed by atoms with E-state index in [1.54, 1.807) is 40.9 Å². The van der Waals surface area contributed by atoms with Crippen molar-refractivity contribution in [2.45, 2.75) is 40.5 Å². The second-order valence-corrected chi connectivity index (χ2v) is 9.42. The van der Waals surface area contributed by atoms with E-state index in [1.165, 1.54) is 0 Å². The highest BCUT2D eigenvalue weighted by Crippen LogP contribution is 2.27. The second kappa shape index (κ2) is 11.6. The highest BCUT2D eigenvalue weighted by molar-refractivity contribution is 5.74. The zero-order chi connectivity index (χ0) is 25.4. The summed E-state index contributed by atoms with van der Waals surface area (Å²) in [4.78, 5) is 22.4. The molecule has 0 amide bonds. The summed E-state index contributed by atoms with van der Waals surface area (Å²) in [6.07, 6.45) is 4.68. The van der Waals surface area contributed by atoms with Crippen LogP contribution in [0.4, 0.5) is 0 Å². The van der Waals surface area contributed by atoms with Gasteiger partial charge >= 0.3 is 11.9 Å². The zero-order valence-electron chi connectivity index (χ0n) is 20.5. The summed E-state index contributed by atoms with van der Waals surface area (Å²) in [6.45, 7) is 7.31. The van der Waals surface area contributed by atoms with Gasteiger partial charge in [0.05, 0.1) is 31.2 Å². The molecule has 0 spiro atoms. The van der Waals surface area contributed by atoms with Crippen molar-refractivity contribution in [2.24, 2.45) is 10.8 Å². The monoisotopic (exact) mass is 470 g/mol. The number of ether oxygens (including phenoxy) is 3. The highest BCUT2D eigenvalue weighted by atomic mass is 16.5. The smallest absolute Gasteiger partial charge is 0.309 e. The van der Waals surface area contributed by atoms with Crippen LogP contribution in [0, 0.1) is 10.8 Å². The molecule has 0 aliphatic rings. The van der Waals surface area contributed by atoms with E-state index in [9.17, 15) is 19.8 Å². The molecule has 184 valence electrons. The Bertz CT molecular complexity index is 1000. The average molecular weight is 471 g/mol. The van der Waals surface area contributed by atoms with E-state index in [2.05, 4.69) is 0 Å². The van der Waals surface area contributed by atoms with Crippen molar-refractivity contribution < 1.29 is 34.0 Å². The van der Waals surface area contributed by atoms with Crippen LogP contribution in [-0.4, -0.2) is 42.5 Å². The van der Waals surface area contributed by atoms with Crippen LogP contribution in [0.25, 0.3) is 12.2 Å². The Balaban J connectivity index is 1.99. The van der Waals surface area contributed by atoms with E-state index in [1.807, 2.05) is 48.6 Å². The first-order valence-corrected chi connectivity index (χ1v) is 11.1. The molecule has 0 aliphatic carbocycles. The van der Waals surface area contributed by atoms with Crippen LogP contribution in [0.1, 0.15) is 51.7 Å². The molecule has 0 unspecified atom stereocenters. The van der Waals surface area contributed by atoms with Crippen molar-refractivity contribution >= 4 is 24.1 Å². The van der Waals surface area contributed by atoms with Gasteiger partial charge in [0, 0.05) is 6.07 Å². The van der Waals surface area contributed by atoms with Gasteiger partial charge in [0.25, 0.3) is 0 Å². The van der Waals surface area contributed by atoms with Crippen molar-refractivity contribution in [1.82, 2.24) is 0 Å². The van der Waals surface area contributed by atoms with Crippen LogP contribution in [0.2, 0.25) is 0 Å². The number of methoxy groups -OCH3 is 1. The molecule has 2 aromatic carbocycles. The summed E-state index contributed by atoms with van der Waals surface area (Å²) in [5.74, 6) is 0.230. The van der Waals surface area contributed by atoms with Gasteiger partial charge in [-0.2, -0.15) is 0 Å². The van der Waals surface area contributed by atoms with Gasteiger partial charge in [-0.25, -0.2) is 0 Å². The number of carboxylic acid groups (broad SMARTS) is 2. The lowest BCUT2D eigenvalue weighted by Crippen LogP contribution is -2.25. The number of rotatable bonds is 13. The largest absolute Gasteiger partial charge is 0.497 e. The third kappa shape index (κ3) is 8.14. The maximum Gasteiger partial charge on any atom is 0.309 e. The Hall–Kier alpha value is -3.48. The Kier molecular flexibility index (Phi) is 9.12. The molecule has 0 fully saturated rings. The number of hydrogen-bond donors (Lipinski definition) is 2. The molecular weight excluding hydrogens is 436 g/mol. The Morgan fingerprint density at radius 3 is 1.71 bits per heavy atom. The van der Waals surface area contributed by atoms with Gasteiger partial charge in [0.15, 0.2) is 0 Å². The Morgan fingerprint density at radius 1 is 0.735 bits per heavy atom. The average Bonchev–Trinajstić information content (AvgIpc) is 2.78. The molecular formula is C27H34O7. The third-order valence-corrected chi connectivity index (χ3v) is 5.64. The highest BCUT2D eigenvalue weighted by Gasteiger charge is 2.27. The molecule has 2 rings (SSSR count). The van der Waals surface area contributed by atoms with Crippen molar-refractivity contribution in [3.05, 3.63) is 53.6 Å². The minimum absolute atomic E-state index is 0.279. The van der Waals surface area contributed by atoms with E-state index in [0.717, 1.165) is 11.1 Å². The minimum atomic E-state index is -0.857. The lowest BCUT2D eigenvalue weighted by atomic mass is 9.90. The molecule has 7 nitrogen and oxygen atoms in total. The van der Waals surface area contributed by atoms with Crippen molar-refractivity contribution in [3.63, 3.8) is 0 Å². The third-order valence-electron chi connectivity index (χ3n) is 5.64. The van der Waals surface area contributed by atoms with E-state index in [-0.39, 0.29) is 6.61 Å². The van der Waals surface area contributed by atoms with E-state index < -0.39 is 22.8 Å². The number of benzene rings is 2. The summed E-state index contributed by atoms with van der Waals surface area (Å²) in [5.41, 5.74) is 0.160. The molecule has 0 saturated carbocycles. The maximum absolute atomic E-state index is 11.3. The van der Waals surface area contributed by atoms with Crippen LogP contribution in [0.3, 0.4) is 0 Å². The molecule has 0 heterocycles. The number of carboxylic acids is 2. The van der Waals surface area contributed by atoms with Crippen LogP contribution in [-0.2, 0) is 9.59 Å². The Labute approximate surface area is 201 Å². The van der Waals surface area contributed by atoms with Crippen LogP contribution in [0.15, 0.2) is 42.5 Å². The molecule has 0 atom stereocenters. The summed E-state index contributed by atoms with van der Waals surface area (Å²) < 4.78 is 16.8. The van der Waals surface area contributed by atoms with Crippen LogP contribution < -0.4 is 14.2 Å². The molecule has 2 aromatic rings. The molecule has 0 saturated heterocycles. The quantitative estimate of drug-likeness (QED) is 0.366. The molecule has 0 aromatic heterocycles. The van der Waals surface area contributed by atoms with Gasteiger partial charge < -0.3 is 24.4 Å². The van der Waals surface area contributed by atoms with Crippen molar-refractivity contribution in [1.29, 1.82) is 0 Å². The minimum Gasteiger partial charge on any atom is -0.497 e. The van der Waals surface area contributed by atoms with Crippen molar-refractivity contribution in [2.75, 3.05) is 20.3 Å². The summed E-state index contributed by atoms with van der Waals surface area (Å²) >= 11 is 0. The first-order valence-electron chi connectivity index (χ1n) is 11.1. The number of carbonyl (C=O) groups is 2. The fourth-order valence-corrected chi connectivity index (χ4v) is 2.82. The van der Waals surface area contributed by atoms with Crippen LogP contribution in [0.5, 0.6) is 17.2 Å². The van der Waals surface area contributed by atoms with Gasteiger partial charge in [-0.15, -0.1) is 0 Å². The molecule has 2 N–H and O–H groups in total. The van der Waals surface area contributed by atoms with E-state index in [4.69, 9.17) is 14.2 Å². The molecule has 0 aliphatic heterocycles. The predicted octanol–water partition coefficient (Wildman–Crippen LogP) is 5.63. The van der Waals surface area contributed by atoms with Crippen molar-refractivity contribution in [3.8, 4) is 17.2 Å². The maximum atomic E-state index is 11.3.